The number of thioether (sulfide) groups is 1. The molecule has 0 saturated carbocycles. The standard InChI is InChI=1S/C21H12ClN3O6S/c22-16-9-11(1-7-15(16)20(27)28)17-8-6-14(31-17)10-18-19(26)24-21(32-18)23-12-2-4-13(5-3-12)25(29)30/h1-10H,(H,27,28)(H,23,24,26)/b18-10-. The molecule has 2 N–H and O–H groups in total. The van der Waals surface area contributed by atoms with E-state index in [0.29, 0.717) is 32.8 Å². The van der Waals surface area contributed by atoms with Crippen LogP contribution in [-0.2, 0) is 4.79 Å². The number of aliphatic imine (C=N–C) groups is 1. The van der Waals surface area contributed by atoms with Crippen LogP contribution in [0.3, 0.4) is 0 Å². The SMILES string of the molecule is O=C1NC(=Nc2ccc([N+](=O)[O-])cc2)S/C1=C\c1ccc(-c2ccc(C(=O)O)c(Cl)c2)o1. The fourth-order valence-corrected chi connectivity index (χ4v) is 3.89. The van der Waals surface area contributed by atoms with Crippen LogP contribution in [0.15, 0.2) is 68.9 Å². The summed E-state index contributed by atoms with van der Waals surface area (Å²) in [6, 6.07) is 13.4. The minimum absolute atomic E-state index is 0.0109. The lowest BCUT2D eigenvalue weighted by atomic mass is 10.1. The highest BCUT2D eigenvalue weighted by molar-refractivity contribution is 8.18. The minimum atomic E-state index is -1.12. The summed E-state index contributed by atoms with van der Waals surface area (Å²) in [6.07, 6.45) is 1.55. The van der Waals surface area contributed by atoms with Gasteiger partial charge in [0.15, 0.2) is 5.17 Å². The van der Waals surface area contributed by atoms with E-state index in [-0.39, 0.29) is 22.2 Å². The molecule has 1 amide bonds. The number of carboxylic acids is 1. The molecule has 3 aromatic rings. The van der Waals surface area contributed by atoms with E-state index in [1.54, 1.807) is 24.3 Å². The Kier molecular flexibility index (Phi) is 5.80. The van der Waals surface area contributed by atoms with Gasteiger partial charge in [0.25, 0.3) is 11.6 Å². The van der Waals surface area contributed by atoms with Gasteiger partial charge in [-0.2, -0.15) is 0 Å². The van der Waals surface area contributed by atoms with E-state index in [1.165, 1.54) is 36.4 Å². The number of hydrogen-bond acceptors (Lipinski definition) is 7. The molecule has 160 valence electrons. The molecule has 1 aromatic heterocycles. The van der Waals surface area contributed by atoms with Crippen molar-refractivity contribution in [3.05, 3.63) is 86.0 Å². The zero-order chi connectivity index (χ0) is 22.8. The molecule has 1 saturated heterocycles. The molecule has 0 radical (unpaired) electrons. The highest BCUT2D eigenvalue weighted by Crippen LogP contribution is 2.31. The number of nitrogens with zero attached hydrogens (tertiary/aromatic N) is 2. The third kappa shape index (κ3) is 4.56. The number of nitro groups is 1. The predicted octanol–water partition coefficient (Wildman–Crippen LogP) is 5.10. The van der Waals surface area contributed by atoms with Crippen molar-refractivity contribution < 1.29 is 24.0 Å². The van der Waals surface area contributed by atoms with Gasteiger partial charge in [0.1, 0.15) is 11.5 Å². The van der Waals surface area contributed by atoms with Crippen LogP contribution in [0.5, 0.6) is 0 Å². The Hall–Kier alpha value is -3.89. The average molecular weight is 470 g/mol. The Balaban J connectivity index is 1.52. The molecule has 2 aromatic carbocycles. The van der Waals surface area contributed by atoms with Gasteiger partial charge in [0, 0.05) is 23.8 Å². The molecule has 32 heavy (non-hydrogen) atoms. The minimum Gasteiger partial charge on any atom is -0.478 e. The van der Waals surface area contributed by atoms with Gasteiger partial charge in [0.05, 0.1) is 26.1 Å². The molecule has 9 nitrogen and oxygen atoms in total. The smallest absolute Gasteiger partial charge is 0.337 e. The number of hydrogen-bond donors (Lipinski definition) is 2. The van der Waals surface area contributed by atoms with Crippen molar-refractivity contribution in [2.24, 2.45) is 4.99 Å². The number of amides is 1. The van der Waals surface area contributed by atoms with E-state index in [4.69, 9.17) is 21.1 Å². The van der Waals surface area contributed by atoms with Gasteiger partial charge in [-0.3, -0.25) is 14.9 Å². The molecule has 0 aliphatic carbocycles. The Morgan fingerprint density at radius 1 is 1.19 bits per heavy atom. The normalized spacial score (nSPS) is 15.8. The number of nitro benzene ring substituents is 1. The first-order chi connectivity index (χ1) is 15.3. The largest absolute Gasteiger partial charge is 0.478 e. The van der Waals surface area contributed by atoms with Gasteiger partial charge in [-0.15, -0.1) is 0 Å². The van der Waals surface area contributed by atoms with Gasteiger partial charge < -0.3 is 14.8 Å². The quantitative estimate of drug-likeness (QED) is 0.301. The molecule has 11 heteroatoms. The van der Waals surface area contributed by atoms with Crippen LogP contribution in [0.25, 0.3) is 17.4 Å². The van der Waals surface area contributed by atoms with Crippen molar-refractivity contribution in [3.8, 4) is 11.3 Å². The monoisotopic (exact) mass is 469 g/mol. The number of non-ortho nitro benzene ring substituents is 1. The van der Waals surface area contributed by atoms with Crippen LogP contribution < -0.4 is 5.32 Å². The van der Waals surface area contributed by atoms with Gasteiger partial charge in [-0.1, -0.05) is 17.7 Å². The Bertz CT molecular complexity index is 1310. The number of amidine groups is 1. The van der Waals surface area contributed by atoms with Crippen molar-refractivity contribution in [1.82, 2.24) is 5.32 Å². The van der Waals surface area contributed by atoms with Crippen LogP contribution >= 0.6 is 23.4 Å². The summed E-state index contributed by atoms with van der Waals surface area (Å²) in [5.41, 5.74) is 0.989. The van der Waals surface area contributed by atoms with E-state index in [2.05, 4.69) is 10.3 Å². The summed E-state index contributed by atoms with van der Waals surface area (Å²) in [7, 11) is 0. The number of benzene rings is 2. The number of rotatable bonds is 5. The molecule has 0 bridgehead atoms. The zero-order valence-electron chi connectivity index (χ0n) is 15.9. The van der Waals surface area contributed by atoms with Crippen molar-refractivity contribution in [3.63, 3.8) is 0 Å². The van der Waals surface area contributed by atoms with Crippen LogP contribution in [0.4, 0.5) is 11.4 Å². The molecule has 1 fully saturated rings. The second-order valence-electron chi connectivity index (χ2n) is 6.46. The first-order valence-electron chi connectivity index (χ1n) is 8.97. The second kappa shape index (κ2) is 8.69. The number of halogens is 1. The predicted molar refractivity (Wildman–Crippen MR) is 120 cm³/mol. The van der Waals surface area contributed by atoms with Crippen LogP contribution in [-0.4, -0.2) is 27.1 Å². The number of nitrogens with one attached hydrogen (secondary N) is 1. The molecule has 0 unspecified atom stereocenters. The average Bonchev–Trinajstić information content (AvgIpc) is 3.35. The van der Waals surface area contributed by atoms with E-state index in [9.17, 15) is 19.7 Å². The van der Waals surface area contributed by atoms with E-state index in [1.807, 2.05) is 0 Å². The summed E-state index contributed by atoms with van der Waals surface area (Å²) >= 11 is 7.11. The molecule has 4 rings (SSSR count). The number of furan rings is 1. The number of carbonyl (C=O) groups excluding carboxylic acids is 1. The van der Waals surface area contributed by atoms with Crippen molar-refractivity contribution in [2.75, 3.05) is 0 Å². The Morgan fingerprint density at radius 3 is 2.59 bits per heavy atom. The first-order valence-corrected chi connectivity index (χ1v) is 10.2. The lowest BCUT2D eigenvalue weighted by Gasteiger charge is -2.01. The molecule has 0 spiro atoms. The highest BCUT2D eigenvalue weighted by atomic mass is 35.5. The summed E-state index contributed by atoms with van der Waals surface area (Å²) in [5.74, 6) is -0.615. The van der Waals surface area contributed by atoms with E-state index >= 15 is 0 Å². The first kappa shape index (κ1) is 21.3. The van der Waals surface area contributed by atoms with Gasteiger partial charge in [-0.05, 0) is 48.2 Å². The molecule has 1 aliphatic heterocycles. The second-order valence-corrected chi connectivity index (χ2v) is 7.89. The molecular weight excluding hydrogens is 458 g/mol. The topological polar surface area (TPSA) is 135 Å². The number of aromatic carboxylic acids is 1. The number of carboxylic acid groups (broad SMARTS) is 1. The van der Waals surface area contributed by atoms with Gasteiger partial charge in [-0.25, -0.2) is 9.79 Å². The molecule has 2 heterocycles. The maximum atomic E-state index is 12.3. The maximum Gasteiger partial charge on any atom is 0.337 e. The maximum absolute atomic E-state index is 12.3. The summed E-state index contributed by atoms with van der Waals surface area (Å²) in [4.78, 5) is 38.2. The van der Waals surface area contributed by atoms with Crippen molar-refractivity contribution in [2.45, 2.75) is 0 Å². The fraction of sp³-hybridized carbons (Fsp3) is 0. The third-order valence-corrected chi connectivity index (χ3v) is 5.55. The number of carbonyl (C=O) groups is 2. The molecule has 1 aliphatic rings. The summed E-state index contributed by atoms with van der Waals surface area (Å²) in [6.45, 7) is 0. The van der Waals surface area contributed by atoms with Crippen LogP contribution in [0.1, 0.15) is 16.1 Å². The Labute approximate surface area is 189 Å². The van der Waals surface area contributed by atoms with Gasteiger partial charge in [0.2, 0.25) is 0 Å². The highest BCUT2D eigenvalue weighted by Gasteiger charge is 2.24. The summed E-state index contributed by atoms with van der Waals surface area (Å²) in [5, 5.41) is 22.8. The molecular formula is C21H12ClN3O6S. The molecule has 0 atom stereocenters. The van der Waals surface area contributed by atoms with Crippen LogP contribution in [0.2, 0.25) is 5.02 Å². The van der Waals surface area contributed by atoms with Crippen LogP contribution in [0, 0.1) is 10.1 Å². The van der Waals surface area contributed by atoms with Gasteiger partial charge >= 0.3 is 5.97 Å². The third-order valence-electron chi connectivity index (χ3n) is 4.33. The fourth-order valence-electron chi connectivity index (χ4n) is 2.80. The van der Waals surface area contributed by atoms with Crippen molar-refractivity contribution in [1.29, 1.82) is 0 Å². The van der Waals surface area contributed by atoms with E-state index < -0.39 is 10.9 Å². The lowest BCUT2D eigenvalue weighted by molar-refractivity contribution is -0.384. The van der Waals surface area contributed by atoms with Crippen molar-refractivity contribution >= 4 is 57.9 Å². The summed E-state index contributed by atoms with van der Waals surface area (Å²) < 4.78 is 5.74. The Morgan fingerprint density at radius 2 is 1.94 bits per heavy atom. The lowest BCUT2D eigenvalue weighted by Crippen LogP contribution is -2.19. The zero-order valence-corrected chi connectivity index (χ0v) is 17.5. The van der Waals surface area contributed by atoms with E-state index in [0.717, 1.165) is 11.8 Å².